The van der Waals surface area contributed by atoms with Crippen molar-refractivity contribution in [3.05, 3.63) is 30.6 Å². The molecule has 1 aromatic heterocycles. The number of hydrogen-bond acceptors (Lipinski definition) is 4. The van der Waals surface area contributed by atoms with Crippen molar-refractivity contribution in [2.45, 2.75) is 57.4 Å². The Morgan fingerprint density at radius 1 is 0.897 bits per heavy atom. The van der Waals surface area contributed by atoms with E-state index in [1.54, 1.807) is 6.33 Å². The summed E-state index contributed by atoms with van der Waals surface area (Å²) in [5.74, 6) is 2.49. The Labute approximate surface area is 179 Å². The number of aromatic nitrogens is 2. The molecular formula is C23H31ClN4O. The summed E-state index contributed by atoms with van der Waals surface area (Å²) < 4.78 is 0. The van der Waals surface area contributed by atoms with Crippen molar-refractivity contribution in [2.24, 2.45) is 11.8 Å². The zero-order valence-electron chi connectivity index (χ0n) is 17.0. The summed E-state index contributed by atoms with van der Waals surface area (Å²) in [7, 11) is 0. The highest BCUT2D eigenvalue weighted by atomic mass is 35.5. The molecule has 1 aliphatic carbocycles. The second-order valence-electron chi connectivity index (χ2n) is 8.76. The Balaban J connectivity index is 0.00000205. The topological polar surface area (TPSA) is 49.3 Å². The predicted octanol–water partition coefficient (Wildman–Crippen LogP) is 4.45. The number of carbonyl (C=O) groups excluding carboxylic acids is 1. The van der Waals surface area contributed by atoms with E-state index < -0.39 is 0 Å². The number of hydrogen-bond donors (Lipinski definition) is 0. The van der Waals surface area contributed by atoms with Gasteiger partial charge in [-0.25, -0.2) is 9.97 Å². The largest absolute Gasteiger partial charge is 0.356 e. The molecule has 0 bridgehead atoms. The molecule has 1 aromatic carbocycles. The monoisotopic (exact) mass is 414 g/mol. The summed E-state index contributed by atoms with van der Waals surface area (Å²) in [5.41, 5.74) is 1.01. The van der Waals surface area contributed by atoms with Crippen LogP contribution in [-0.2, 0) is 4.79 Å². The summed E-state index contributed by atoms with van der Waals surface area (Å²) in [6, 6.07) is 8.73. The van der Waals surface area contributed by atoms with Gasteiger partial charge in [-0.3, -0.25) is 4.79 Å². The third-order valence-corrected chi connectivity index (χ3v) is 6.91. The first-order chi connectivity index (χ1) is 13.8. The predicted molar refractivity (Wildman–Crippen MR) is 118 cm³/mol. The van der Waals surface area contributed by atoms with E-state index in [0.717, 1.165) is 62.0 Å². The Hall–Kier alpha value is -1.88. The highest BCUT2D eigenvalue weighted by Crippen LogP contribution is 2.37. The maximum atomic E-state index is 12.9. The van der Waals surface area contributed by atoms with Gasteiger partial charge in [0.25, 0.3) is 0 Å². The lowest BCUT2D eigenvalue weighted by Crippen LogP contribution is -2.48. The summed E-state index contributed by atoms with van der Waals surface area (Å²) in [5, 5.41) is 1.14. The van der Waals surface area contributed by atoms with Gasteiger partial charge >= 0.3 is 0 Å². The Bertz CT molecular complexity index is 842. The molecule has 0 N–H and O–H groups in total. The number of carbonyl (C=O) groups is 1. The normalized spacial score (nSPS) is 23.5. The van der Waals surface area contributed by atoms with Crippen LogP contribution in [0.5, 0.6) is 0 Å². The van der Waals surface area contributed by atoms with Crippen LogP contribution in [0.3, 0.4) is 0 Å². The molecule has 2 aromatic rings. The lowest BCUT2D eigenvalue weighted by molar-refractivity contribution is -0.136. The first-order valence-corrected chi connectivity index (χ1v) is 11.1. The molecule has 5 rings (SSSR count). The van der Waals surface area contributed by atoms with Crippen LogP contribution in [0.1, 0.15) is 51.4 Å². The molecule has 3 heterocycles. The molecule has 0 spiro atoms. The summed E-state index contributed by atoms with van der Waals surface area (Å²) >= 11 is 0. The van der Waals surface area contributed by atoms with Gasteiger partial charge in [0.2, 0.25) is 5.91 Å². The zero-order chi connectivity index (χ0) is 18.9. The van der Waals surface area contributed by atoms with Crippen molar-refractivity contribution in [3.8, 4) is 0 Å². The van der Waals surface area contributed by atoms with Gasteiger partial charge < -0.3 is 9.80 Å². The standard InChI is InChI=1S/C23H30N4O.ClH/c28-23(18-9-10-18)27-13-5-1-2-8-21(27)17-11-14-26(15-12-17)22-19-6-3-4-7-20(19)24-16-25-22;/h3-4,6-7,16-18,21H,1-2,5,8-15H2;1H. The molecule has 5 nitrogen and oxygen atoms in total. The van der Waals surface area contributed by atoms with E-state index in [9.17, 15) is 4.79 Å². The Kier molecular flexibility index (Phi) is 6.23. The second-order valence-corrected chi connectivity index (χ2v) is 8.76. The number of nitrogens with zero attached hydrogens (tertiary/aromatic N) is 4. The van der Waals surface area contributed by atoms with Gasteiger partial charge in [0.15, 0.2) is 0 Å². The van der Waals surface area contributed by atoms with Crippen LogP contribution in [0.2, 0.25) is 0 Å². The van der Waals surface area contributed by atoms with Gasteiger partial charge in [-0.2, -0.15) is 0 Å². The highest BCUT2D eigenvalue weighted by Gasteiger charge is 2.39. The lowest BCUT2D eigenvalue weighted by atomic mass is 9.86. The molecule has 1 atom stereocenters. The van der Waals surface area contributed by atoms with Crippen LogP contribution in [-0.4, -0.2) is 46.5 Å². The van der Waals surface area contributed by atoms with Crippen molar-refractivity contribution >= 4 is 35.0 Å². The van der Waals surface area contributed by atoms with Crippen molar-refractivity contribution < 1.29 is 4.79 Å². The van der Waals surface area contributed by atoms with E-state index >= 15 is 0 Å². The minimum atomic E-state index is 0. The van der Waals surface area contributed by atoms with Gasteiger partial charge in [-0.1, -0.05) is 25.0 Å². The van der Waals surface area contributed by atoms with Crippen LogP contribution >= 0.6 is 12.4 Å². The number of rotatable bonds is 3. The fourth-order valence-corrected chi connectivity index (χ4v) is 5.20. The van der Waals surface area contributed by atoms with Crippen LogP contribution < -0.4 is 4.90 Å². The van der Waals surface area contributed by atoms with Gasteiger partial charge in [-0.15, -0.1) is 12.4 Å². The van der Waals surface area contributed by atoms with E-state index in [1.807, 2.05) is 6.07 Å². The van der Waals surface area contributed by atoms with Gasteiger partial charge in [0, 0.05) is 37.0 Å². The molecule has 3 fully saturated rings. The third kappa shape index (κ3) is 4.20. The SMILES string of the molecule is Cl.O=C(C1CC1)N1CCCCCC1C1CCN(c2ncnc3ccccc23)CC1. The van der Waals surface area contributed by atoms with E-state index in [1.165, 1.54) is 25.7 Å². The molecule has 6 heteroatoms. The van der Waals surface area contributed by atoms with Crippen molar-refractivity contribution in [1.82, 2.24) is 14.9 Å². The van der Waals surface area contributed by atoms with Crippen LogP contribution in [0.4, 0.5) is 5.82 Å². The molecule has 29 heavy (non-hydrogen) atoms. The number of para-hydroxylation sites is 1. The lowest BCUT2D eigenvalue weighted by Gasteiger charge is -2.41. The smallest absolute Gasteiger partial charge is 0.225 e. The van der Waals surface area contributed by atoms with Crippen LogP contribution in [0.15, 0.2) is 30.6 Å². The van der Waals surface area contributed by atoms with E-state index in [0.29, 0.717) is 23.8 Å². The molecule has 1 saturated carbocycles. The van der Waals surface area contributed by atoms with Gasteiger partial charge in [0.05, 0.1) is 5.52 Å². The molecule has 0 radical (unpaired) electrons. The molecule has 156 valence electrons. The average Bonchev–Trinajstić information content (AvgIpc) is 3.60. The minimum absolute atomic E-state index is 0. The van der Waals surface area contributed by atoms with E-state index in [2.05, 4.69) is 38.0 Å². The number of fused-ring (bicyclic) bond motifs is 1. The molecular weight excluding hydrogens is 384 g/mol. The Morgan fingerprint density at radius 3 is 2.48 bits per heavy atom. The number of halogens is 1. The summed E-state index contributed by atoms with van der Waals surface area (Å²) in [4.78, 5) is 26.6. The zero-order valence-corrected chi connectivity index (χ0v) is 17.8. The third-order valence-electron chi connectivity index (χ3n) is 6.91. The van der Waals surface area contributed by atoms with Gasteiger partial charge in [-0.05, 0) is 56.6 Å². The summed E-state index contributed by atoms with van der Waals surface area (Å²) in [6.07, 6.45) is 11.1. The van der Waals surface area contributed by atoms with Crippen LogP contribution in [0.25, 0.3) is 10.9 Å². The van der Waals surface area contributed by atoms with Crippen LogP contribution in [0, 0.1) is 11.8 Å². The summed E-state index contributed by atoms with van der Waals surface area (Å²) in [6.45, 7) is 3.03. The quantitative estimate of drug-likeness (QED) is 0.744. The number of benzene rings is 1. The fourth-order valence-electron chi connectivity index (χ4n) is 5.20. The molecule has 2 aliphatic heterocycles. The van der Waals surface area contributed by atoms with Gasteiger partial charge in [0.1, 0.15) is 12.1 Å². The average molecular weight is 415 g/mol. The Morgan fingerprint density at radius 2 is 1.69 bits per heavy atom. The van der Waals surface area contributed by atoms with Crippen molar-refractivity contribution in [1.29, 1.82) is 0 Å². The minimum Gasteiger partial charge on any atom is -0.356 e. The first-order valence-electron chi connectivity index (χ1n) is 11.1. The number of anilines is 1. The molecule has 1 unspecified atom stereocenters. The number of piperidine rings is 1. The highest BCUT2D eigenvalue weighted by molar-refractivity contribution is 5.89. The van der Waals surface area contributed by atoms with Crippen molar-refractivity contribution in [3.63, 3.8) is 0 Å². The maximum absolute atomic E-state index is 12.9. The molecule has 2 saturated heterocycles. The van der Waals surface area contributed by atoms with Crippen molar-refractivity contribution in [2.75, 3.05) is 24.5 Å². The second kappa shape index (κ2) is 8.86. The molecule has 3 aliphatic rings. The maximum Gasteiger partial charge on any atom is 0.225 e. The van der Waals surface area contributed by atoms with E-state index in [-0.39, 0.29) is 12.4 Å². The number of likely N-dealkylation sites (tertiary alicyclic amines) is 1. The first kappa shape index (κ1) is 20.4. The number of amides is 1. The fraction of sp³-hybridized carbons (Fsp3) is 0.609. The molecule has 1 amide bonds. The van der Waals surface area contributed by atoms with E-state index in [4.69, 9.17) is 0 Å².